The van der Waals surface area contributed by atoms with Crippen LogP contribution >= 0.6 is 0 Å². The van der Waals surface area contributed by atoms with Gasteiger partial charge in [-0.05, 0) is 30.3 Å². The van der Waals surface area contributed by atoms with Crippen LogP contribution in [0.4, 0.5) is 4.39 Å². The van der Waals surface area contributed by atoms with Gasteiger partial charge in [-0.1, -0.05) is 0 Å². The van der Waals surface area contributed by atoms with E-state index in [4.69, 9.17) is 15.2 Å². The van der Waals surface area contributed by atoms with E-state index in [1.807, 2.05) is 0 Å². The molecule has 7 nitrogen and oxygen atoms in total. The summed E-state index contributed by atoms with van der Waals surface area (Å²) in [7, 11) is 0. The predicted molar refractivity (Wildman–Crippen MR) is 90.3 cm³/mol. The summed E-state index contributed by atoms with van der Waals surface area (Å²) in [5, 5.41) is 2.75. The second-order valence-corrected chi connectivity index (χ2v) is 5.84. The molecule has 1 fully saturated rings. The quantitative estimate of drug-likeness (QED) is 0.837. The Hall–Kier alpha value is -3.00. The van der Waals surface area contributed by atoms with E-state index in [2.05, 4.69) is 10.3 Å². The van der Waals surface area contributed by atoms with Crippen molar-refractivity contribution in [3.8, 4) is 5.75 Å². The van der Waals surface area contributed by atoms with Crippen molar-refractivity contribution in [2.75, 3.05) is 13.2 Å². The molecule has 0 aliphatic carbocycles. The molecule has 1 aromatic carbocycles. The molecule has 2 heterocycles. The summed E-state index contributed by atoms with van der Waals surface area (Å²) in [6.45, 7) is 0.739. The van der Waals surface area contributed by atoms with Crippen LogP contribution < -0.4 is 15.8 Å². The maximum absolute atomic E-state index is 13.7. The molecule has 0 spiro atoms. The fourth-order valence-electron chi connectivity index (χ4n) is 2.67. The van der Waals surface area contributed by atoms with E-state index in [1.54, 1.807) is 24.3 Å². The molecule has 3 N–H and O–H groups in total. The Kier molecular flexibility index (Phi) is 5.43. The smallest absolute Gasteiger partial charge is 0.254 e. The van der Waals surface area contributed by atoms with Gasteiger partial charge < -0.3 is 20.5 Å². The zero-order valence-corrected chi connectivity index (χ0v) is 13.9. The summed E-state index contributed by atoms with van der Waals surface area (Å²) < 4.78 is 25.0. The zero-order valence-electron chi connectivity index (χ0n) is 13.9. The van der Waals surface area contributed by atoms with Crippen LogP contribution in [0.5, 0.6) is 5.75 Å². The molecule has 1 aliphatic rings. The lowest BCUT2D eigenvalue weighted by Gasteiger charge is -2.32. The van der Waals surface area contributed by atoms with E-state index in [0.717, 1.165) is 6.20 Å². The van der Waals surface area contributed by atoms with Gasteiger partial charge in [0.1, 0.15) is 11.9 Å². The summed E-state index contributed by atoms with van der Waals surface area (Å²) in [4.78, 5) is 27.1. The minimum absolute atomic E-state index is 0.0878. The van der Waals surface area contributed by atoms with Crippen molar-refractivity contribution < 1.29 is 23.5 Å². The van der Waals surface area contributed by atoms with E-state index in [1.165, 1.54) is 12.3 Å². The van der Waals surface area contributed by atoms with Crippen LogP contribution in [-0.4, -0.2) is 42.2 Å². The van der Waals surface area contributed by atoms with E-state index >= 15 is 0 Å². The topological polar surface area (TPSA) is 104 Å². The van der Waals surface area contributed by atoms with E-state index in [-0.39, 0.29) is 18.3 Å². The molecule has 0 bridgehead atoms. The first kappa shape index (κ1) is 17.8. The van der Waals surface area contributed by atoms with Gasteiger partial charge in [0.05, 0.1) is 31.0 Å². The molecular formula is C18H18FN3O4. The number of hydrogen-bond acceptors (Lipinski definition) is 5. The van der Waals surface area contributed by atoms with Gasteiger partial charge >= 0.3 is 0 Å². The molecule has 1 aliphatic heterocycles. The fraction of sp³-hybridized carbons (Fsp3) is 0.278. The fourth-order valence-corrected chi connectivity index (χ4v) is 2.67. The number of benzene rings is 1. The molecular weight excluding hydrogens is 341 g/mol. The molecule has 1 saturated heterocycles. The van der Waals surface area contributed by atoms with Gasteiger partial charge in [-0.25, -0.2) is 4.39 Å². The van der Waals surface area contributed by atoms with Gasteiger partial charge in [0, 0.05) is 18.2 Å². The molecule has 2 amide bonds. The minimum atomic E-state index is -0.693. The summed E-state index contributed by atoms with van der Waals surface area (Å²) in [6, 6.07) is 7.27. The van der Waals surface area contributed by atoms with Gasteiger partial charge in [0.2, 0.25) is 5.91 Å². The summed E-state index contributed by atoms with van der Waals surface area (Å²) >= 11 is 0. The highest BCUT2D eigenvalue weighted by Crippen LogP contribution is 2.19. The Balaban J connectivity index is 1.68. The molecule has 0 saturated carbocycles. The van der Waals surface area contributed by atoms with E-state index < -0.39 is 23.7 Å². The first-order chi connectivity index (χ1) is 12.5. The number of nitrogens with one attached hydrogen (secondary N) is 1. The summed E-state index contributed by atoms with van der Waals surface area (Å²) in [5.74, 6) is -1.23. The zero-order chi connectivity index (χ0) is 18.5. The Bertz CT molecular complexity index is 797. The molecule has 8 heteroatoms. The molecule has 1 aromatic heterocycles. The molecule has 136 valence electrons. The third kappa shape index (κ3) is 4.15. The van der Waals surface area contributed by atoms with Crippen LogP contribution in [0, 0.1) is 5.82 Å². The Morgan fingerprint density at radius 1 is 1.27 bits per heavy atom. The number of aromatic nitrogens is 1. The van der Waals surface area contributed by atoms with Gasteiger partial charge in [0.15, 0.2) is 5.82 Å². The lowest BCUT2D eigenvalue weighted by atomic mass is 10.1. The van der Waals surface area contributed by atoms with Crippen molar-refractivity contribution in [1.82, 2.24) is 10.3 Å². The third-order valence-corrected chi connectivity index (χ3v) is 4.05. The van der Waals surface area contributed by atoms with Crippen LogP contribution in [0.1, 0.15) is 27.1 Å². The maximum Gasteiger partial charge on any atom is 0.254 e. The first-order valence-corrected chi connectivity index (χ1v) is 8.09. The van der Waals surface area contributed by atoms with Gasteiger partial charge in [-0.15, -0.1) is 0 Å². The van der Waals surface area contributed by atoms with Crippen molar-refractivity contribution in [2.24, 2.45) is 5.73 Å². The number of nitrogens with zero attached hydrogens (tertiary/aromatic N) is 1. The SMILES string of the molecule is NC(=O)c1ccc(O[C@@H]2CCOC[C@H]2NC(=O)c2ccncc2F)cc1. The van der Waals surface area contributed by atoms with Gasteiger partial charge in [0.25, 0.3) is 5.91 Å². The largest absolute Gasteiger partial charge is 0.488 e. The van der Waals surface area contributed by atoms with Crippen LogP contribution in [0.2, 0.25) is 0 Å². The molecule has 26 heavy (non-hydrogen) atoms. The number of amides is 2. The summed E-state index contributed by atoms with van der Waals surface area (Å²) in [6.07, 6.45) is 2.54. The number of carbonyl (C=O) groups is 2. The number of primary amides is 1. The van der Waals surface area contributed by atoms with Crippen LogP contribution in [-0.2, 0) is 4.74 Å². The van der Waals surface area contributed by atoms with Gasteiger partial charge in [-0.3, -0.25) is 14.6 Å². The van der Waals surface area contributed by atoms with Crippen molar-refractivity contribution in [1.29, 1.82) is 0 Å². The second-order valence-electron chi connectivity index (χ2n) is 5.84. The van der Waals surface area contributed by atoms with Crippen molar-refractivity contribution in [2.45, 2.75) is 18.6 Å². The Morgan fingerprint density at radius 2 is 2.04 bits per heavy atom. The molecule has 2 aromatic rings. The minimum Gasteiger partial charge on any atom is -0.488 e. The second kappa shape index (κ2) is 7.92. The van der Waals surface area contributed by atoms with Gasteiger partial charge in [-0.2, -0.15) is 0 Å². The number of nitrogens with two attached hydrogens (primary N) is 1. The van der Waals surface area contributed by atoms with Crippen LogP contribution in [0.25, 0.3) is 0 Å². The molecule has 2 atom stereocenters. The van der Waals surface area contributed by atoms with Crippen molar-refractivity contribution in [3.05, 3.63) is 59.7 Å². The van der Waals surface area contributed by atoms with Crippen LogP contribution in [0.15, 0.2) is 42.7 Å². The number of halogens is 1. The van der Waals surface area contributed by atoms with E-state index in [9.17, 15) is 14.0 Å². The highest BCUT2D eigenvalue weighted by Gasteiger charge is 2.30. The normalized spacial score (nSPS) is 19.6. The standard InChI is InChI=1S/C18H18FN3O4/c19-14-9-21-7-5-13(14)18(24)22-15-10-25-8-6-16(15)26-12-3-1-11(2-4-12)17(20)23/h1-5,7,9,15-16H,6,8,10H2,(H2,20,23)(H,22,24)/t15-,16-/m1/s1. The Morgan fingerprint density at radius 3 is 2.73 bits per heavy atom. The monoisotopic (exact) mass is 359 g/mol. The molecule has 0 unspecified atom stereocenters. The van der Waals surface area contributed by atoms with Crippen LogP contribution in [0.3, 0.4) is 0 Å². The number of carbonyl (C=O) groups excluding carboxylic acids is 2. The average Bonchev–Trinajstić information content (AvgIpc) is 2.64. The van der Waals surface area contributed by atoms with E-state index in [0.29, 0.717) is 24.3 Å². The third-order valence-electron chi connectivity index (χ3n) is 4.05. The van der Waals surface area contributed by atoms with Crippen molar-refractivity contribution >= 4 is 11.8 Å². The lowest BCUT2D eigenvalue weighted by molar-refractivity contribution is -0.00294. The number of ether oxygens (including phenoxy) is 2. The number of rotatable bonds is 5. The number of hydrogen-bond donors (Lipinski definition) is 2. The maximum atomic E-state index is 13.7. The first-order valence-electron chi connectivity index (χ1n) is 8.09. The Labute approximate surface area is 149 Å². The lowest BCUT2D eigenvalue weighted by Crippen LogP contribution is -2.52. The van der Waals surface area contributed by atoms with Crippen molar-refractivity contribution in [3.63, 3.8) is 0 Å². The highest BCUT2D eigenvalue weighted by molar-refractivity contribution is 5.94. The summed E-state index contributed by atoms with van der Waals surface area (Å²) in [5.41, 5.74) is 5.50. The molecule has 0 radical (unpaired) electrons. The number of pyridine rings is 1. The average molecular weight is 359 g/mol. The predicted octanol–water partition coefficient (Wildman–Crippen LogP) is 1.29. The highest BCUT2D eigenvalue weighted by atomic mass is 19.1. The molecule has 3 rings (SSSR count).